The number of Topliss-reactive ketones (excluding diaryl/α,β-unsaturated/α-hetero) is 1. The Hall–Kier alpha value is -0.290. The molecule has 1 aromatic carbocycles. The molecule has 15 heavy (non-hydrogen) atoms. The highest BCUT2D eigenvalue weighted by atomic mass is 127. The Balaban J connectivity index is 3.10. The van der Waals surface area contributed by atoms with Crippen molar-refractivity contribution in [1.29, 1.82) is 0 Å². The van der Waals surface area contributed by atoms with E-state index in [-0.39, 0.29) is 5.78 Å². The minimum Gasteiger partial charge on any atom is -0.493 e. The maximum absolute atomic E-state index is 11.2. The zero-order chi connectivity index (χ0) is 11.4. The van der Waals surface area contributed by atoms with Crippen LogP contribution in [0.25, 0.3) is 0 Å². The van der Waals surface area contributed by atoms with Gasteiger partial charge in [0.15, 0.2) is 5.78 Å². The molecule has 0 heterocycles. The third-order valence-electron chi connectivity index (χ3n) is 1.91. The van der Waals surface area contributed by atoms with Crippen molar-refractivity contribution in [2.75, 3.05) is 6.61 Å². The van der Waals surface area contributed by atoms with Gasteiger partial charge >= 0.3 is 0 Å². The lowest BCUT2D eigenvalue weighted by Gasteiger charge is -2.13. The van der Waals surface area contributed by atoms with Crippen LogP contribution in [0.15, 0.2) is 18.2 Å². The monoisotopic (exact) mass is 338 g/mol. The largest absolute Gasteiger partial charge is 0.493 e. The van der Waals surface area contributed by atoms with Crippen molar-refractivity contribution in [2.24, 2.45) is 0 Å². The van der Waals surface area contributed by atoms with Crippen LogP contribution in [0.1, 0.15) is 24.8 Å². The Morgan fingerprint density at radius 3 is 2.80 bits per heavy atom. The van der Waals surface area contributed by atoms with Gasteiger partial charge in [0.2, 0.25) is 0 Å². The Morgan fingerprint density at radius 1 is 1.60 bits per heavy atom. The van der Waals surface area contributed by atoms with Gasteiger partial charge in [-0.1, -0.05) is 6.07 Å². The third-order valence-corrected chi connectivity index (χ3v) is 3.12. The second-order valence-electron chi connectivity index (χ2n) is 3.09. The maximum atomic E-state index is 11.2. The first-order chi connectivity index (χ1) is 7.06. The number of hydrogen-bond acceptors (Lipinski definition) is 2. The SMILES string of the molecule is CCOc1cc(I)ccc1C(Cl)C(C)=O. The summed E-state index contributed by atoms with van der Waals surface area (Å²) in [6.07, 6.45) is 0. The van der Waals surface area contributed by atoms with Gasteiger partial charge in [0.1, 0.15) is 11.1 Å². The molecule has 0 aliphatic rings. The van der Waals surface area contributed by atoms with Crippen LogP contribution >= 0.6 is 34.2 Å². The fraction of sp³-hybridized carbons (Fsp3) is 0.364. The van der Waals surface area contributed by atoms with E-state index in [1.807, 2.05) is 25.1 Å². The molecule has 1 aromatic rings. The highest BCUT2D eigenvalue weighted by Crippen LogP contribution is 2.31. The summed E-state index contributed by atoms with van der Waals surface area (Å²) in [6, 6.07) is 5.64. The lowest BCUT2D eigenvalue weighted by molar-refractivity contribution is -0.116. The highest BCUT2D eigenvalue weighted by molar-refractivity contribution is 14.1. The van der Waals surface area contributed by atoms with Gasteiger partial charge in [0.05, 0.1) is 6.61 Å². The molecule has 0 radical (unpaired) electrons. The normalized spacial score (nSPS) is 12.3. The van der Waals surface area contributed by atoms with Crippen molar-refractivity contribution < 1.29 is 9.53 Å². The highest BCUT2D eigenvalue weighted by Gasteiger charge is 2.17. The molecular formula is C11H12ClIO2. The van der Waals surface area contributed by atoms with Gasteiger partial charge in [0.25, 0.3) is 0 Å². The van der Waals surface area contributed by atoms with Crippen molar-refractivity contribution in [2.45, 2.75) is 19.2 Å². The van der Waals surface area contributed by atoms with E-state index in [9.17, 15) is 4.79 Å². The van der Waals surface area contributed by atoms with E-state index in [1.54, 1.807) is 0 Å². The van der Waals surface area contributed by atoms with Crippen LogP contribution in [0, 0.1) is 3.57 Å². The molecule has 0 N–H and O–H groups in total. The quantitative estimate of drug-likeness (QED) is 0.620. The number of halogens is 2. The Morgan fingerprint density at radius 2 is 2.27 bits per heavy atom. The van der Waals surface area contributed by atoms with Crippen molar-refractivity contribution in [3.8, 4) is 5.75 Å². The van der Waals surface area contributed by atoms with Crippen molar-refractivity contribution >= 4 is 40.0 Å². The molecule has 0 aliphatic carbocycles. The fourth-order valence-electron chi connectivity index (χ4n) is 1.22. The van der Waals surface area contributed by atoms with Crippen molar-refractivity contribution in [1.82, 2.24) is 0 Å². The van der Waals surface area contributed by atoms with E-state index < -0.39 is 5.38 Å². The molecule has 1 atom stereocenters. The molecule has 0 amide bonds. The van der Waals surface area contributed by atoms with E-state index in [2.05, 4.69) is 22.6 Å². The molecule has 4 heteroatoms. The number of hydrogen-bond donors (Lipinski definition) is 0. The molecule has 0 bridgehead atoms. The second kappa shape index (κ2) is 5.70. The van der Waals surface area contributed by atoms with E-state index in [0.717, 1.165) is 9.13 Å². The van der Waals surface area contributed by atoms with Crippen molar-refractivity contribution in [3.63, 3.8) is 0 Å². The molecule has 1 unspecified atom stereocenters. The van der Waals surface area contributed by atoms with Gasteiger partial charge in [-0.25, -0.2) is 0 Å². The minimum absolute atomic E-state index is 0.0705. The minimum atomic E-state index is -0.622. The van der Waals surface area contributed by atoms with Crippen LogP contribution in [-0.2, 0) is 4.79 Å². The maximum Gasteiger partial charge on any atom is 0.152 e. The molecule has 82 valence electrons. The van der Waals surface area contributed by atoms with Crippen LogP contribution < -0.4 is 4.74 Å². The Bertz CT molecular complexity index is 366. The van der Waals surface area contributed by atoms with E-state index in [1.165, 1.54) is 6.92 Å². The smallest absolute Gasteiger partial charge is 0.152 e. The summed E-state index contributed by atoms with van der Waals surface area (Å²) >= 11 is 8.20. The number of ketones is 1. The zero-order valence-electron chi connectivity index (χ0n) is 8.59. The van der Waals surface area contributed by atoms with Gasteiger partial charge in [-0.05, 0) is 48.6 Å². The molecule has 0 aliphatic heterocycles. The average molecular weight is 339 g/mol. The van der Waals surface area contributed by atoms with Crippen LogP contribution in [0.5, 0.6) is 5.75 Å². The number of ether oxygens (including phenoxy) is 1. The van der Waals surface area contributed by atoms with Gasteiger partial charge < -0.3 is 4.74 Å². The van der Waals surface area contributed by atoms with Crippen LogP contribution in [0.4, 0.5) is 0 Å². The lowest BCUT2D eigenvalue weighted by atomic mass is 10.1. The molecule has 0 saturated carbocycles. The first kappa shape index (κ1) is 12.8. The number of carbonyl (C=O) groups excluding carboxylic acids is 1. The Kier molecular flexibility index (Phi) is 4.86. The Labute approximate surface area is 108 Å². The second-order valence-corrected chi connectivity index (χ2v) is 4.77. The van der Waals surface area contributed by atoms with E-state index in [4.69, 9.17) is 16.3 Å². The number of alkyl halides is 1. The summed E-state index contributed by atoms with van der Waals surface area (Å²) in [5.74, 6) is 0.624. The predicted molar refractivity (Wildman–Crippen MR) is 69.6 cm³/mol. The lowest BCUT2D eigenvalue weighted by Crippen LogP contribution is -2.05. The number of benzene rings is 1. The molecule has 0 aromatic heterocycles. The van der Waals surface area contributed by atoms with Crippen LogP contribution in [0.2, 0.25) is 0 Å². The summed E-state index contributed by atoms with van der Waals surface area (Å²) in [7, 11) is 0. The number of carbonyl (C=O) groups is 1. The molecule has 0 spiro atoms. The van der Waals surface area contributed by atoms with Gasteiger partial charge in [-0.3, -0.25) is 4.79 Å². The summed E-state index contributed by atoms with van der Waals surface area (Å²) < 4.78 is 6.51. The van der Waals surface area contributed by atoms with Gasteiger partial charge in [-0.2, -0.15) is 0 Å². The van der Waals surface area contributed by atoms with Crippen LogP contribution in [0.3, 0.4) is 0 Å². The molecule has 0 fully saturated rings. The van der Waals surface area contributed by atoms with Gasteiger partial charge in [-0.15, -0.1) is 11.6 Å². The van der Waals surface area contributed by atoms with Crippen molar-refractivity contribution in [3.05, 3.63) is 27.3 Å². The first-order valence-corrected chi connectivity index (χ1v) is 6.14. The molecular weight excluding hydrogens is 326 g/mol. The molecule has 1 rings (SSSR count). The number of rotatable bonds is 4. The summed E-state index contributed by atoms with van der Waals surface area (Å²) in [5, 5.41) is -0.622. The standard InChI is InChI=1S/C11H12ClIO2/c1-3-15-10-6-8(13)4-5-9(10)11(12)7(2)14/h4-6,11H,3H2,1-2H3. The molecule has 2 nitrogen and oxygen atoms in total. The summed E-state index contributed by atoms with van der Waals surface area (Å²) in [5.41, 5.74) is 0.742. The summed E-state index contributed by atoms with van der Waals surface area (Å²) in [4.78, 5) is 11.2. The van der Waals surface area contributed by atoms with Crippen LogP contribution in [-0.4, -0.2) is 12.4 Å². The average Bonchev–Trinajstić information content (AvgIpc) is 2.17. The van der Waals surface area contributed by atoms with E-state index in [0.29, 0.717) is 12.4 Å². The summed E-state index contributed by atoms with van der Waals surface area (Å²) in [6.45, 7) is 3.95. The predicted octanol–water partition coefficient (Wildman–Crippen LogP) is 3.56. The zero-order valence-corrected chi connectivity index (χ0v) is 11.5. The van der Waals surface area contributed by atoms with E-state index >= 15 is 0 Å². The topological polar surface area (TPSA) is 26.3 Å². The fourth-order valence-corrected chi connectivity index (χ4v) is 1.86. The third kappa shape index (κ3) is 3.34. The molecule has 0 saturated heterocycles. The first-order valence-electron chi connectivity index (χ1n) is 4.63. The van der Waals surface area contributed by atoms with Gasteiger partial charge in [0, 0.05) is 9.13 Å².